The van der Waals surface area contributed by atoms with Crippen molar-refractivity contribution in [3.8, 4) is 28.7 Å². The minimum absolute atomic E-state index is 0.104. The lowest BCUT2D eigenvalue weighted by molar-refractivity contribution is -0.385. The Bertz CT molecular complexity index is 1070. The summed E-state index contributed by atoms with van der Waals surface area (Å²) in [5.41, 5.74) is -1.26. The molecule has 0 aliphatic carbocycles. The molecule has 0 aliphatic rings. The number of nitrogens with zero attached hydrogens (tertiary/aromatic N) is 3. The topological polar surface area (TPSA) is 143 Å². The van der Waals surface area contributed by atoms with E-state index in [1.54, 1.807) is 0 Å². The Balaban J connectivity index is 1.92. The maximum atomic E-state index is 14.4. The molecule has 0 aliphatic heterocycles. The second kappa shape index (κ2) is 6.72. The highest BCUT2D eigenvalue weighted by molar-refractivity contribution is 5.67. The Kier molecular flexibility index (Phi) is 4.55. The molecule has 3 N–H and O–H groups in total. The Morgan fingerprint density at radius 3 is 2.50 bits per heavy atom. The van der Waals surface area contributed by atoms with Crippen LogP contribution in [0.25, 0.3) is 11.5 Å². The van der Waals surface area contributed by atoms with Crippen molar-refractivity contribution >= 4 is 5.69 Å². The Hall–Kier alpha value is -3.83. The van der Waals surface area contributed by atoms with Gasteiger partial charge in [-0.15, -0.1) is 0 Å². The van der Waals surface area contributed by atoms with E-state index in [1.807, 2.05) is 0 Å². The quantitative estimate of drug-likeness (QED) is 0.338. The van der Waals surface area contributed by atoms with Crippen LogP contribution in [0.5, 0.6) is 17.2 Å². The zero-order chi connectivity index (χ0) is 20.6. The van der Waals surface area contributed by atoms with E-state index in [-0.39, 0.29) is 11.1 Å². The highest BCUT2D eigenvalue weighted by Crippen LogP contribution is 2.40. The summed E-state index contributed by atoms with van der Waals surface area (Å²) in [6.45, 7) is 0. The standard InChI is InChI=1S/C16H10F3N3O6/c17-9-2-1-7(3-11(9)23)6-16(18,19)15-20-14(28-21-15)8-4-10(22(26)27)13(25)12(24)5-8/h1-5,23-25H,6H2. The molecule has 146 valence electrons. The van der Waals surface area contributed by atoms with Gasteiger partial charge in [0.05, 0.1) is 10.5 Å². The maximum Gasteiger partial charge on any atom is 0.315 e. The molecule has 2 aromatic carbocycles. The summed E-state index contributed by atoms with van der Waals surface area (Å²) >= 11 is 0. The van der Waals surface area contributed by atoms with Crippen LogP contribution >= 0.6 is 0 Å². The molecule has 0 amide bonds. The van der Waals surface area contributed by atoms with Gasteiger partial charge in [-0.2, -0.15) is 13.8 Å². The van der Waals surface area contributed by atoms with Crippen molar-refractivity contribution in [1.29, 1.82) is 0 Å². The summed E-state index contributed by atoms with van der Waals surface area (Å²) < 4.78 is 46.5. The fraction of sp³-hybridized carbons (Fsp3) is 0.125. The van der Waals surface area contributed by atoms with Crippen LogP contribution < -0.4 is 0 Å². The normalized spacial score (nSPS) is 11.5. The van der Waals surface area contributed by atoms with Gasteiger partial charge >= 0.3 is 11.6 Å². The van der Waals surface area contributed by atoms with Gasteiger partial charge in [-0.25, -0.2) is 4.39 Å². The van der Waals surface area contributed by atoms with Gasteiger partial charge in [-0.3, -0.25) is 10.1 Å². The Morgan fingerprint density at radius 2 is 1.86 bits per heavy atom. The van der Waals surface area contributed by atoms with Crippen molar-refractivity contribution in [3.05, 3.63) is 57.7 Å². The van der Waals surface area contributed by atoms with Crippen LogP contribution in [-0.2, 0) is 12.3 Å². The van der Waals surface area contributed by atoms with E-state index in [1.165, 1.54) is 0 Å². The van der Waals surface area contributed by atoms with Crippen LogP contribution in [-0.4, -0.2) is 30.4 Å². The van der Waals surface area contributed by atoms with Crippen LogP contribution in [0.2, 0.25) is 0 Å². The van der Waals surface area contributed by atoms with Crippen molar-refractivity contribution < 1.29 is 37.9 Å². The molecule has 0 unspecified atom stereocenters. The predicted octanol–water partition coefficient (Wildman–Crippen LogP) is 3.24. The second-order valence-electron chi connectivity index (χ2n) is 5.71. The largest absolute Gasteiger partial charge is 0.505 e. The number of nitro groups is 1. The molecule has 0 saturated carbocycles. The number of phenolic OH excluding ortho intramolecular Hbond substituents is 3. The summed E-state index contributed by atoms with van der Waals surface area (Å²) in [6, 6.07) is 4.29. The minimum atomic E-state index is -3.68. The van der Waals surface area contributed by atoms with Gasteiger partial charge in [-0.05, 0) is 23.8 Å². The fourth-order valence-corrected chi connectivity index (χ4v) is 2.36. The summed E-state index contributed by atoms with van der Waals surface area (Å²) in [6.07, 6.45) is -0.985. The first-order valence-electron chi connectivity index (χ1n) is 7.48. The zero-order valence-corrected chi connectivity index (χ0v) is 13.6. The third-order valence-corrected chi connectivity index (χ3v) is 3.70. The van der Waals surface area contributed by atoms with Crippen LogP contribution in [0, 0.1) is 15.9 Å². The number of aromatic nitrogens is 2. The van der Waals surface area contributed by atoms with E-state index in [0.717, 1.165) is 30.3 Å². The van der Waals surface area contributed by atoms with Crippen molar-refractivity contribution in [1.82, 2.24) is 10.1 Å². The van der Waals surface area contributed by atoms with Crippen LogP contribution in [0.4, 0.5) is 18.9 Å². The number of nitro benzene ring substituents is 1. The number of rotatable bonds is 5. The molecule has 0 spiro atoms. The highest BCUT2D eigenvalue weighted by Gasteiger charge is 2.38. The van der Waals surface area contributed by atoms with E-state index in [4.69, 9.17) is 0 Å². The molecule has 1 heterocycles. The van der Waals surface area contributed by atoms with Crippen molar-refractivity contribution in [2.24, 2.45) is 0 Å². The number of alkyl halides is 2. The van der Waals surface area contributed by atoms with E-state index >= 15 is 0 Å². The van der Waals surface area contributed by atoms with Crippen molar-refractivity contribution in [3.63, 3.8) is 0 Å². The average Bonchev–Trinajstić information content (AvgIpc) is 3.11. The zero-order valence-electron chi connectivity index (χ0n) is 13.6. The Morgan fingerprint density at radius 1 is 1.14 bits per heavy atom. The molecule has 0 atom stereocenters. The number of aromatic hydroxyl groups is 3. The number of phenols is 3. The summed E-state index contributed by atoms with van der Waals surface area (Å²) in [7, 11) is 0. The Labute approximate surface area is 153 Å². The minimum Gasteiger partial charge on any atom is -0.505 e. The van der Waals surface area contributed by atoms with Gasteiger partial charge in [0.2, 0.25) is 11.6 Å². The SMILES string of the molecule is O=[N+]([O-])c1cc(-c2nc(C(F)(F)Cc3ccc(F)c(O)c3)no2)cc(O)c1O. The smallest absolute Gasteiger partial charge is 0.315 e. The molecule has 28 heavy (non-hydrogen) atoms. The molecular weight excluding hydrogens is 387 g/mol. The fourth-order valence-electron chi connectivity index (χ4n) is 2.36. The number of benzene rings is 2. The third kappa shape index (κ3) is 3.51. The third-order valence-electron chi connectivity index (χ3n) is 3.70. The van der Waals surface area contributed by atoms with Crippen LogP contribution in [0.1, 0.15) is 11.4 Å². The lowest BCUT2D eigenvalue weighted by atomic mass is 10.1. The molecule has 3 aromatic rings. The van der Waals surface area contributed by atoms with Crippen LogP contribution in [0.15, 0.2) is 34.9 Å². The van der Waals surface area contributed by atoms with Gasteiger partial charge in [0.1, 0.15) is 0 Å². The molecule has 0 fully saturated rings. The van der Waals surface area contributed by atoms with Gasteiger partial charge < -0.3 is 19.8 Å². The number of hydrogen-bond acceptors (Lipinski definition) is 8. The number of hydrogen-bond donors (Lipinski definition) is 3. The van der Waals surface area contributed by atoms with Crippen LogP contribution in [0.3, 0.4) is 0 Å². The van der Waals surface area contributed by atoms with Crippen molar-refractivity contribution in [2.45, 2.75) is 12.3 Å². The lowest BCUT2D eigenvalue weighted by Gasteiger charge is -2.12. The second-order valence-corrected chi connectivity index (χ2v) is 5.71. The molecule has 12 heteroatoms. The van der Waals surface area contributed by atoms with Crippen molar-refractivity contribution in [2.75, 3.05) is 0 Å². The maximum absolute atomic E-state index is 14.4. The summed E-state index contributed by atoms with van der Waals surface area (Å²) in [4.78, 5) is 13.4. The van der Waals surface area contributed by atoms with E-state index in [2.05, 4.69) is 14.7 Å². The first-order chi connectivity index (χ1) is 13.1. The van der Waals surface area contributed by atoms with Gasteiger partial charge in [0.25, 0.3) is 5.89 Å². The molecule has 1 aromatic heterocycles. The van der Waals surface area contributed by atoms with E-state index in [9.17, 15) is 38.6 Å². The monoisotopic (exact) mass is 397 g/mol. The van der Waals surface area contributed by atoms with Gasteiger partial charge in [0.15, 0.2) is 17.3 Å². The summed E-state index contributed by atoms with van der Waals surface area (Å²) in [5, 5.41) is 42.3. The first kappa shape index (κ1) is 18.9. The molecule has 0 radical (unpaired) electrons. The summed E-state index contributed by atoms with van der Waals surface area (Å²) in [5.74, 6) is -8.96. The molecular formula is C16H10F3N3O6. The molecule has 9 nitrogen and oxygen atoms in total. The number of halogens is 3. The highest BCUT2D eigenvalue weighted by atomic mass is 19.3. The molecule has 0 saturated heterocycles. The molecule has 0 bridgehead atoms. The predicted molar refractivity (Wildman–Crippen MR) is 85.4 cm³/mol. The first-order valence-corrected chi connectivity index (χ1v) is 7.48. The molecule has 3 rings (SSSR count). The average molecular weight is 397 g/mol. The lowest BCUT2D eigenvalue weighted by Crippen LogP contribution is -2.19. The van der Waals surface area contributed by atoms with Gasteiger partial charge in [-0.1, -0.05) is 11.2 Å². The van der Waals surface area contributed by atoms with E-state index in [0.29, 0.717) is 0 Å². The van der Waals surface area contributed by atoms with Gasteiger partial charge in [0, 0.05) is 12.5 Å². The van der Waals surface area contributed by atoms with E-state index < -0.39 is 57.7 Å².